The Hall–Kier alpha value is -2.36. The number of benzene rings is 2. The largest absolute Gasteiger partial charge is 0.354 e. The van der Waals surface area contributed by atoms with Crippen LogP contribution in [0, 0.1) is 11.7 Å². The quantitative estimate of drug-likeness (QED) is 0.402. The minimum atomic E-state index is -3.67. The number of carbonyl (C=O) groups is 2. The summed E-state index contributed by atoms with van der Waals surface area (Å²) >= 11 is 12.6. The number of amides is 2. The molecule has 2 aromatic carbocycles. The number of halogens is 3. The first-order chi connectivity index (χ1) is 16.8. The van der Waals surface area contributed by atoms with Crippen molar-refractivity contribution in [2.24, 2.45) is 5.92 Å². The van der Waals surface area contributed by atoms with Crippen LogP contribution in [0.25, 0.3) is 0 Å². The van der Waals surface area contributed by atoms with Crippen molar-refractivity contribution in [2.45, 2.75) is 46.2 Å². The van der Waals surface area contributed by atoms with Crippen LogP contribution in [0.1, 0.15) is 39.2 Å². The van der Waals surface area contributed by atoms with E-state index in [0.717, 1.165) is 10.6 Å². The predicted octanol–water partition coefficient (Wildman–Crippen LogP) is 4.87. The van der Waals surface area contributed by atoms with Gasteiger partial charge in [0.25, 0.3) is 0 Å². The van der Waals surface area contributed by atoms with Crippen molar-refractivity contribution < 1.29 is 22.4 Å². The molecule has 0 aliphatic rings. The number of nitrogens with one attached hydrogen (secondary N) is 1. The highest BCUT2D eigenvalue weighted by Gasteiger charge is 2.28. The molecule has 198 valence electrons. The van der Waals surface area contributed by atoms with Crippen LogP contribution in [0.15, 0.2) is 42.5 Å². The van der Waals surface area contributed by atoms with Gasteiger partial charge in [-0.25, -0.2) is 12.8 Å². The molecule has 0 saturated carbocycles. The molecule has 0 saturated heterocycles. The van der Waals surface area contributed by atoms with E-state index < -0.39 is 21.9 Å². The summed E-state index contributed by atoms with van der Waals surface area (Å²) in [6.45, 7) is 6.03. The van der Waals surface area contributed by atoms with Gasteiger partial charge >= 0.3 is 0 Å². The molecule has 1 N–H and O–H groups in total. The van der Waals surface area contributed by atoms with Crippen LogP contribution >= 0.6 is 23.2 Å². The van der Waals surface area contributed by atoms with Gasteiger partial charge in [-0.1, -0.05) is 43.1 Å². The molecule has 0 spiro atoms. The minimum Gasteiger partial charge on any atom is -0.354 e. The zero-order valence-electron chi connectivity index (χ0n) is 20.8. The molecule has 0 radical (unpaired) electrons. The lowest BCUT2D eigenvalue weighted by Gasteiger charge is -2.30. The first-order valence-electron chi connectivity index (χ1n) is 11.5. The van der Waals surface area contributed by atoms with Gasteiger partial charge in [-0.2, -0.15) is 0 Å². The third-order valence-corrected chi connectivity index (χ3v) is 7.41. The monoisotopic (exact) mass is 559 g/mol. The number of sulfonamides is 1. The Balaban J connectivity index is 2.21. The molecule has 2 rings (SSSR count). The number of hydrogen-bond donors (Lipinski definition) is 1. The summed E-state index contributed by atoms with van der Waals surface area (Å²) in [6.07, 6.45) is 1.19. The molecular weight excluding hydrogens is 528 g/mol. The maximum atomic E-state index is 13.3. The van der Waals surface area contributed by atoms with Crippen LogP contribution in [0.5, 0.6) is 0 Å². The Morgan fingerprint density at radius 1 is 1.03 bits per heavy atom. The van der Waals surface area contributed by atoms with Crippen molar-refractivity contribution >= 4 is 50.7 Å². The molecule has 0 bridgehead atoms. The fraction of sp³-hybridized carbons (Fsp3) is 0.440. The van der Waals surface area contributed by atoms with Gasteiger partial charge in [0, 0.05) is 41.7 Å². The smallest absolute Gasteiger partial charge is 0.242 e. The van der Waals surface area contributed by atoms with Gasteiger partial charge in [-0.3, -0.25) is 13.9 Å². The summed E-state index contributed by atoms with van der Waals surface area (Å²) in [5, 5.41) is 3.58. The van der Waals surface area contributed by atoms with Gasteiger partial charge in [0.2, 0.25) is 21.8 Å². The summed E-state index contributed by atoms with van der Waals surface area (Å²) < 4.78 is 39.1. The molecule has 0 aliphatic carbocycles. The molecule has 0 fully saturated rings. The number of anilines is 1. The third kappa shape index (κ3) is 8.64. The fourth-order valence-electron chi connectivity index (χ4n) is 3.50. The maximum Gasteiger partial charge on any atom is 0.242 e. The summed E-state index contributed by atoms with van der Waals surface area (Å²) in [5.41, 5.74) is 0.814. The van der Waals surface area contributed by atoms with Gasteiger partial charge in [-0.15, -0.1) is 0 Å². The SMILES string of the molecule is CC(C)CNC(=O)C(C)N(Cc1c(Cl)cccc1Cl)C(=O)CCCN(c1ccc(F)cc1)S(C)(=O)=O. The zero-order chi connectivity index (χ0) is 27.0. The average molecular weight is 561 g/mol. The third-order valence-electron chi connectivity index (χ3n) is 5.51. The van der Waals surface area contributed by atoms with Crippen molar-refractivity contribution in [1.29, 1.82) is 0 Å². The van der Waals surface area contributed by atoms with Crippen molar-refractivity contribution in [3.63, 3.8) is 0 Å². The zero-order valence-corrected chi connectivity index (χ0v) is 23.1. The van der Waals surface area contributed by atoms with Crippen molar-refractivity contribution in [3.05, 3.63) is 63.9 Å². The van der Waals surface area contributed by atoms with Crippen molar-refractivity contribution in [1.82, 2.24) is 10.2 Å². The molecule has 1 atom stereocenters. The molecule has 7 nitrogen and oxygen atoms in total. The lowest BCUT2D eigenvalue weighted by molar-refractivity contribution is -0.140. The topological polar surface area (TPSA) is 86.8 Å². The normalized spacial score (nSPS) is 12.3. The van der Waals surface area contributed by atoms with E-state index in [2.05, 4.69) is 5.32 Å². The highest BCUT2D eigenvalue weighted by atomic mass is 35.5. The highest BCUT2D eigenvalue weighted by molar-refractivity contribution is 7.92. The molecule has 2 aromatic rings. The highest BCUT2D eigenvalue weighted by Crippen LogP contribution is 2.27. The van der Waals surface area contributed by atoms with Gasteiger partial charge in [0.1, 0.15) is 11.9 Å². The van der Waals surface area contributed by atoms with Gasteiger partial charge < -0.3 is 10.2 Å². The molecule has 1 unspecified atom stereocenters. The fourth-order valence-corrected chi connectivity index (χ4v) is 4.98. The lowest BCUT2D eigenvalue weighted by Crippen LogP contribution is -2.48. The summed E-state index contributed by atoms with van der Waals surface area (Å²) in [6, 6.07) is 9.26. The second-order valence-electron chi connectivity index (χ2n) is 8.95. The molecule has 0 aromatic heterocycles. The molecule has 11 heteroatoms. The Bertz CT molecular complexity index is 1140. The molecule has 0 aliphatic heterocycles. The molecule has 0 heterocycles. The Labute approximate surface area is 222 Å². The number of nitrogens with zero attached hydrogens (tertiary/aromatic N) is 2. The van der Waals surface area contributed by atoms with E-state index in [4.69, 9.17) is 23.2 Å². The lowest BCUT2D eigenvalue weighted by atomic mass is 10.1. The van der Waals surface area contributed by atoms with Crippen LogP contribution in [-0.2, 0) is 26.2 Å². The maximum absolute atomic E-state index is 13.3. The Morgan fingerprint density at radius 2 is 1.61 bits per heavy atom. The van der Waals surface area contributed by atoms with Crippen LogP contribution < -0.4 is 9.62 Å². The summed E-state index contributed by atoms with van der Waals surface area (Å²) in [7, 11) is -3.67. The predicted molar refractivity (Wildman–Crippen MR) is 142 cm³/mol. The van der Waals surface area contributed by atoms with Crippen LogP contribution in [0.2, 0.25) is 10.0 Å². The summed E-state index contributed by atoms with van der Waals surface area (Å²) in [5.74, 6) is -0.923. The number of carbonyl (C=O) groups excluding carboxylic acids is 2. The second-order valence-corrected chi connectivity index (χ2v) is 11.7. The second kappa shape index (κ2) is 13.3. The van der Waals surface area contributed by atoms with E-state index in [9.17, 15) is 22.4 Å². The van der Waals surface area contributed by atoms with E-state index in [1.165, 1.54) is 29.2 Å². The first-order valence-corrected chi connectivity index (χ1v) is 14.1. The van der Waals surface area contributed by atoms with E-state index in [0.29, 0.717) is 27.8 Å². The molecule has 36 heavy (non-hydrogen) atoms. The minimum absolute atomic E-state index is 0.00478. The van der Waals surface area contributed by atoms with Crippen LogP contribution in [-0.4, -0.2) is 50.5 Å². The molecular formula is C25H32Cl2FN3O4S. The summed E-state index contributed by atoms with van der Waals surface area (Å²) in [4.78, 5) is 27.5. The van der Waals surface area contributed by atoms with E-state index in [1.54, 1.807) is 25.1 Å². The van der Waals surface area contributed by atoms with E-state index in [1.807, 2.05) is 13.8 Å². The average Bonchev–Trinajstić information content (AvgIpc) is 2.79. The number of rotatable bonds is 12. The Kier molecular flexibility index (Phi) is 11.0. The van der Waals surface area contributed by atoms with E-state index in [-0.39, 0.29) is 43.7 Å². The number of hydrogen-bond acceptors (Lipinski definition) is 4. The van der Waals surface area contributed by atoms with Gasteiger partial charge in [-0.05, 0) is 55.7 Å². The first kappa shape index (κ1) is 29.9. The van der Waals surface area contributed by atoms with Gasteiger partial charge in [0.15, 0.2) is 0 Å². The van der Waals surface area contributed by atoms with E-state index >= 15 is 0 Å². The molecule has 2 amide bonds. The van der Waals surface area contributed by atoms with Crippen molar-refractivity contribution in [3.8, 4) is 0 Å². The standard InChI is InChI=1S/C25H32Cl2FN3O4S/c1-17(2)15-29-25(33)18(3)30(16-21-22(26)7-5-8-23(21)27)24(32)9-6-14-31(36(4,34)35)20-12-10-19(28)11-13-20/h5,7-8,10-13,17-18H,6,9,14-16H2,1-4H3,(H,29,33). The van der Waals surface area contributed by atoms with Crippen molar-refractivity contribution in [2.75, 3.05) is 23.7 Å². The van der Waals surface area contributed by atoms with Gasteiger partial charge in [0.05, 0.1) is 11.9 Å². The Morgan fingerprint density at radius 3 is 2.14 bits per heavy atom. The van der Waals surface area contributed by atoms with Crippen LogP contribution in [0.3, 0.4) is 0 Å². The van der Waals surface area contributed by atoms with Crippen LogP contribution in [0.4, 0.5) is 10.1 Å².